The second-order valence-electron chi connectivity index (χ2n) is 10.6. The Bertz CT molecular complexity index is 1510. The number of hydrogen-bond donors (Lipinski definition) is 1. The molecule has 0 saturated heterocycles. The highest BCUT2D eigenvalue weighted by Gasteiger charge is 2.35. The Hall–Kier alpha value is -2.49. The van der Waals surface area contributed by atoms with Gasteiger partial charge in [-0.25, -0.2) is 8.42 Å². The minimum absolute atomic E-state index is 0.0400. The summed E-state index contributed by atoms with van der Waals surface area (Å²) in [6.45, 7) is 4.76. The number of sulfonamides is 1. The monoisotopic (exact) mass is 657 g/mol. The number of benzene rings is 3. The summed E-state index contributed by atoms with van der Waals surface area (Å²) in [7, 11) is -4.01. The van der Waals surface area contributed by atoms with Crippen LogP contribution < -0.4 is 9.62 Å². The Morgan fingerprint density at radius 3 is 2.07 bits per heavy atom. The summed E-state index contributed by atoms with van der Waals surface area (Å²) >= 11 is 25.1. The fourth-order valence-electron chi connectivity index (χ4n) is 4.11. The van der Waals surface area contributed by atoms with Gasteiger partial charge in [0.25, 0.3) is 0 Å². The number of rotatable bonds is 10. The van der Waals surface area contributed by atoms with Gasteiger partial charge in [-0.3, -0.25) is 13.9 Å². The van der Waals surface area contributed by atoms with E-state index >= 15 is 0 Å². The lowest BCUT2D eigenvalue weighted by atomic mass is 10.0. The van der Waals surface area contributed by atoms with E-state index in [1.54, 1.807) is 12.1 Å². The van der Waals surface area contributed by atoms with Crippen LogP contribution in [0.15, 0.2) is 66.7 Å². The molecule has 1 N–H and O–H groups in total. The number of nitrogens with one attached hydrogen (secondary N) is 1. The van der Waals surface area contributed by atoms with Crippen molar-refractivity contribution in [3.63, 3.8) is 0 Å². The van der Waals surface area contributed by atoms with Gasteiger partial charge in [-0.2, -0.15) is 0 Å². The van der Waals surface area contributed by atoms with Crippen molar-refractivity contribution in [2.75, 3.05) is 17.1 Å². The van der Waals surface area contributed by atoms with Gasteiger partial charge in [0.05, 0.1) is 17.0 Å². The van der Waals surface area contributed by atoms with Crippen LogP contribution in [-0.4, -0.2) is 49.5 Å². The molecule has 0 aromatic heterocycles. The second-order valence-corrected chi connectivity index (χ2v) is 14.2. The van der Waals surface area contributed by atoms with Gasteiger partial charge in [0, 0.05) is 33.6 Å². The van der Waals surface area contributed by atoms with E-state index in [4.69, 9.17) is 46.4 Å². The standard InChI is InChI=1S/C29H31Cl4N3O4S/c1-29(2,3)34-28(38)26(14-19-8-6-5-7-9-19)35(17-20-10-11-21(30)15-24(20)33)27(37)18-36(41(4,39)40)25-16-22(31)12-13-23(25)32/h5-13,15-16,26H,14,17-18H2,1-4H3,(H,34,38)/t26-/m0/s1. The lowest BCUT2D eigenvalue weighted by molar-refractivity contribution is -0.140. The Morgan fingerprint density at radius 2 is 1.49 bits per heavy atom. The molecular weight excluding hydrogens is 628 g/mol. The maximum atomic E-state index is 14.1. The Morgan fingerprint density at radius 1 is 0.878 bits per heavy atom. The largest absolute Gasteiger partial charge is 0.350 e. The van der Waals surface area contributed by atoms with Crippen molar-refractivity contribution in [2.24, 2.45) is 0 Å². The number of carbonyl (C=O) groups is 2. The molecule has 0 fully saturated rings. The van der Waals surface area contributed by atoms with Crippen molar-refractivity contribution in [1.82, 2.24) is 10.2 Å². The molecule has 0 aliphatic rings. The van der Waals surface area contributed by atoms with Gasteiger partial charge < -0.3 is 10.2 Å². The molecular formula is C29H31Cl4N3O4S. The van der Waals surface area contributed by atoms with Crippen molar-refractivity contribution in [1.29, 1.82) is 0 Å². The molecule has 3 rings (SSSR count). The lowest BCUT2D eigenvalue weighted by Crippen LogP contribution is -2.56. The van der Waals surface area contributed by atoms with Crippen LogP contribution >= 0.6 is 46.4 Å². The van der Waals surface area contributed by atoms with E-state index < -0.39 is 40.0 Å². The van der Waals surface area contributed by atoms with Gasteiger partial charge in [0.15, 0.2) is 0 Å². The van der Waals surface area contributed by atoms with E-state index in [0.29, 0.717) is 15.6 Å². The number of anilines is 1. The van der Waals surface area contributed by atoms with E-state index in [2.05, 4.69) is 5.32 Å². The first kappa shape index (κ1) is 33.0. The first-order chi connectivity index (χ1) is 19.0. The van der Waals surface area contributed by atoms with Crippen molar-refractivity contribution >= 4 is 73.9 Å². The molecule has 0 spiro atoms. The third kappa shape index (κ3) is 9.51. The predicted octanol–water partition coefficient (Wildman–Crippen LogP) is 6.62. The molecule has 7 nitrogen and oxygen atoms in total. The molecule has 0 heterocycles. The third-order valence-corrected chi connectivity index (χ3v) is 8.25. The number of hydrogen-bond acceptors (Lipinski definition) is 4. The first-order valence-corrected chi connectivity index (χ1v) is 15.9. The summed E-state index contributed by atoms with van der Waals surface area (Å²) in [5.41, 5.74) is 0.765. The topological polar surface area (TPSA) is 86.8 Å². The van der Waals surface area contributed by atoms with Crippen LogP contribution in [0.2, 0.25) is 20.1 Å². The molecule has 0 aliphatic carbocycles. The van der Waals surface area contributed by atoms with E-state index in [-0.39, 0.29) is 28.7 Å². The van der Waals surface area contributed by atoms with Crippen LogP contribution in [0.1, 0.15) is 31.9 Å². The lowest BCUT2D eigenvalue weighted by Gasteiger charge is -2.35. The smallest absolute Gasteiger partial charge is 0.244 e. The second kappa shape index (κ2) is 13.7. The molecule has 0 bridgehead atoms. The number of nitrogens with zero attached hydrogens (tertiary/aromatic N) is 2. The molecule has 2 amide bonds. The number of halogens is 4. The van der Waals surface area contributed by atoms with Gasteiger partial charge in [0.2, 0.25) is 21.8 Å². The van der Waals surface area contributed by atoms with Crippen molar-refractivity contribution in [2.45, 2.75) is 45.3 Å². The summed E-state index contributed by atoms with van der Waals surface area (Å²) < 4.78 is 26.7. The quantitative estimate of drug-likeness (QED) is 0.265. The molecule has 0 saturated carbocycles. The van der Waals surface area contributed by atoms with Crippen LogP contribution in [0.25, 0.3) is 0 Å². The number of carbonyl (C=O) groups excluding carboxylic acids is 2. The van der Waals surface area contributed by atoms with E-state index in [1.165, 1.54) is 29.2 Å². The zero-order valence-electron chi connectivity index (χ0n) is 23.0. The summed E-state index contributed by atoms with van der Waals surface area (Å²) in [5.74, 6) is -1.06. The molecule has 12 heteroatoms. The molecule has 3 aromatic rings. The van der Waals surface area contributed by atoms with Crippen molar-refractivity contribution in [3.8, 4) is 0 Å². The fraction of sp³-hybridized carbons (Fsp3) is 0.310. The zero-order valence-corrected chi connectivity index (χ0v) is 26.8. The Balaban J connectivity index is 2.13. The first-order valence-electron chi connectivity index (χ1n) is 12.6. The van der Waals surface area contributed by atoms with Crippen molar-refractivity contribution in [3.05, 3.63) is 97.9 Å². The molecule has 1 atom stereocenters. The highest BCUT2D eigenvalue weighted by atomic mass is 35.5. The molecule has 0 aliphatic heterocycles. The Kier molecular flexibility index (Phi) is 11.0. The van der Waals surface area contributed by atoms with Crippen LogP contribution in [0.5, 0.6) is 0 Å². The van der Waals surface area contributed by atoms with Crippen LogP contribution in [0, 0.1) is 0 Å². The average Bonchev–Trinajstić information content (AvgIpc) is 2.86. The third-order valence-electron chi connectivity index (χ3n) is 5.98. The minimum atomic E-state index is -4.01. The molecule has 0 radical (unpaired) electrons. The maximum absolute atomic E-state index is 14.1. The van der Waals surface area contributed by atoms with Gasteiger partial charge >= 0.3 is 0 Å². The normalized spacial score (nSPS) is 12.5. The van der Waals surface area contributed by atoms with Gasteiger partial charge in [-0.1, -0.05) is 82.8 Å². The summed E-state index contributed by atoms with van der Waals surface area (Å²) in [6.07, 6.45) is 1.13. The SMILES string of the molecule is CC(C)(C)NC(=O)[C@H](Cc1ccccc1)N(Cc1ccc(Cl)cc1Cl)C(=O)CN(c1cc(Cl)ccc1Cl)S(C)(=O)=O. The maximum Gasteiger partial charge on any atom is 0.244 e. The molecule has 3 aromatic carbocycles. The summed E-state index contributed by atoms with van der Waals surface area (Å²) in [6, 6.07) is 17.4. The van der Waals surface area contributed by atoms with Crippen LogP contribution in [0.4, 0.5) is 5.69 Å². The van der Waals surface area contributed by atoms with E-state index in [0.717, 1.165) is 16.1 Å². The zero-order chi connectivity index (χ0) is 30.5. The average molecular weight is 659 g/mol. The number of amides is 2. The van der Waals surface area contributed by atoms with Gasteiger partial charge in [-0.15, -0.1) is 0 Å². The molecule has 41 heavy (non-hydrogen) atoms. The van der Waals surface area contributed by atoms with Crippen molar-refractivity contribution < 1.29 is 18.0 Å². The highest BCUT2D eigenvalue weighted by Crippen LogP contribution is 2.31. The predicted molar refractivity (Wildman–Crippen MR) is 167 cm³/mol. The van der Waals surface area contributed by atoms with Gasteiger partial charge in [-0.05, 0) is 62.2 Å². The van der Waals surface area contributed by atoms with Gasteiger partial charge in [0.1, 0.15) is 12.6 Å². The minimum Gasteiger partial charge on any atom is -0.350 e. The summed E-state index contributed by atoms with van der Waals surface area (Å²) in [4.78, 5) is 29.2. The van der Waals surface area contributed by atoms with E-state index in [1.807, 2.05) is 51.1 Å². The van der Waals surface area contributed by atoms with E-state index in [9.17, 15) is 18.0 Å². The Labute approximate surface area is 261 Å². The van der Waals surface area contributed by atoms with Crippen LogP contribution in [-0.2, 0) is 32.6 Å². The molecule has 220 valence electrons. The fourth-order valence-corrected chi connectivity index (χ4v) is 5.87. The highest BCUT2D eigenvalue weighted by molar-refractivity contribution is 7.92. The van der Waals surface area contributed by atoms with Crippen LogP contribution in [0.3, 0.4) is 0 Å². The molecule has 0 unspecified atom stereocenters. The summed E-state index contributed by atoms with van der Waals surface area (Å²) in [5, 5.41) is 3.98.